The van der Waals surface area contributed by atoms with Crippen LogP contribution in [-0.4, -0.2) is 20.4 Å². The Labute approximate surface area is 159 Å². The fraction of sp³-hybridized carbons (Fsp3) is 0.158. The molecule has 2 aromatic carbocycles. The van der Waals surface area contributed by atoms with Gasteiger partial charge >= 0.3 is 0 Å². The molecule has 0 aliphatic carbocycles. The van der Waals surface area contributed by atoms with E-state index >= 15 is 0 Å². The number of nitro benzene ring substituents is 1. The maximum Gasteiger partial charge on any atom is 0.282 e. The lowest BCUT2D eigenvalue weighted by Gasteiger charge is -2.08. The third-order valence-electron chi connectivity index (χ3n) is 4.56. The number of benzene rings is 2. The number of fused-ring (bicyclic) bond motifs is 1. The minimum absolute atomic E-state index is 0.0785. The number of imidazole rings is 1. The Balaban J connectivity index is 1.56. The molecule has 27 heavy (non-hydrogen) atoms. The highest BCUT2D eigenvalue weighted by molar-refractivity contribution is 6.31. The van der Waals surface area contributed by atoms with E-state index in [2.05, 4.69) is 14.9 Å². The molecule has 0 radical (unpaired) electrons. The Kier molecular flexibility index (Phi) is 4.37. The summed E-state index contributed by atoms with van der Waals surface area (Å²) in [6.45, 7) is 0.960. The van der Waals surface area contributed by atoms with Gasteiger partial charge in [0.1, 0.15) is 11.4 Å². The second kappa shape index (κ2) is 6.85. The Hall–Kier alpha value is -3.19. The van der Waals surface area contributed by atoms with Gasteiger partial charge in [-0.05, 0) is 36.2 Å². The lowest BCUT2D eigenvalue weighted by atomic mass is 10.1. The van der Waals surface area contributed by atoms with Crippen LogP contribution >= 0.6 is 11.6 Å². The van der Waals surface area contributed by atoms with Crippen LogP contribution in [0.2, 0.25) is 5.02 Å². The molecule has 2 heterocycles. The number of hydrogen-bond acceptors (Lipinski definition) is 4. The summed E-state index contributed by atoms with van der Waals surface area (Å²) in [4.78, 5) is 27.4. The van der Waals surface area contributed by atoms with E-state index in [-0.39, 0.29) is 16.3 Å². The summed E-state index contributed by atoms with van der Waals surface area (Å²) in [6, 6.07) is 11.2. The van der Waals surface area contributed by atoms with Gasteiger partial charge in [-0.15, -0.1) is 0 Å². The molecule has 7 nitrogen and oxygen atoms in total. The van der Waals surface area contributed by atoms with Gasteiger partial charge in [-0.25, -0.2) is 4.98 Å². The topological polar surface area (TPSA) is 90.1 Å². The van der Waals surface area contributed by atoms with E-state index in [1.165, 1.54) is 18.2 Å². The normalized spacial score (nSPS) is 12.6. The average molecular weight is 383 g/mol. The smallest absolute Gasteiger partial charge is 0.282 e. The van der Waals surface area contributed by atoms with E-state index in [0.29, 0.717) is 5.69 Å². The number of hydrogen-bond donors (Lipinski definition) is 1. The van der Waals surface area contributed by atoms with Crippen molar-refractivity contribution in [2.75, 3.05) is 5.32 Å². The molecule has 1 N–H and O–H groups in total. The van der Waals surface area contributed by atoms with E-state index in [9.17, 15) is 14.9 Å². The molecule has 1 aliphatic rings. The third-order valence-corrected chi connectivity index (χ3v) is 4.79. The standard InChI is InChI=1S/C19H15ClN4O3/c20-13-5-8-16(24(26)27)15(10-13)19(25)22-14-6-3-12(4-7-14)17-11-21-18-2-1-9-23(17)18/h3-8,10-11H,1-2,9H2,(H,22,25). The molecule has 0 bridgehead atoms. The van der Waals surface area contributed by atoms with E-state index in [1.54, 1.807) is 12.1 Å². The van der Waals surface area contributed by atoms with Crippen molar-refractivity contribution in [3.05, 3.63) is 75.2 Å². The molecule has 0 unspecified atom stereocenters. The van der Waals surface area contributed by atoms with Crippen molar-refractivity contribution in [3.8, 4) is 11.3 Å². The molecule has 0 spiro atoms. The molecule has 8 heteroatoms. The molecule has 0 saturated heterocycles. The number of amides is 1. The summed E-state index contributed by atoms with van der Waals surface area (Å²) in [5.41, 5.74) is 2.22. The third kappa shape index (κ3) is 3.29. The van der Waals surface area contributed by atoms with Gasteiger partial charge in [0.25, 0.3) is 11.6 Å². The van der Waals surface area contributed by atoms with E-state index < -0.39 is 10.8 Å². The van der Waals surface area contributed by atoms with Crippen LogP contribution in [0.4, 0.5) is 11.4 Å². The van der Waals surface area contributed by atoms with Gasteiger partial charge in [0.2, 0.25) is 0 Å². The second-order valence-corrected chi connectivity index (χ2v) is 6.70. The first kappa shape index (κ1) is 17.2. The molecule has 0 atom stereocenters. The lowest BCUT2D eigenvalue weighted by molar-refractivity contribution is -0.385. The molecule has 4 rings (SSSR count). The van der Waals surface area contributed by atoms with Gasteiger partial charge in [-0.1, -0.05) is 23.7 Å². The number of halogens is 1. The van der Waals surface area contributed by atoms with Crippen molar-refractivity contribution in [1.29, 1.82) is 0 Å². The number of nitro groups is 1. The number of aromatic nitrogens is 2. The Morgan fingerprint density at radius 3 is 2.74 bits per heavy atom. The van der Waals surface area contributed by atoms with Crippen LogP contribution in [-0.2, 0) is 13.0 Å². The zero-order valence-corrected chi connectivity index (χ0v) is 14.9. The number of aryl methyl sites for hydroxylation is 1. The molecular weight excluding hydrogens is 368 g/mol. The summed E-state index contributed by atoms with van der Waals surface area (Å²) >= 11 is 5.88. The summed E-state index contributed by atoms with van der Waals surface area (Å²) in [6.07, 6.45) is 3.95. The minimum Gasteiger partial charge on any atom is -0.328 e. The van der Waals surface area contributed by atoms with Gasteiger partial charge in [-0.3, -0.25) is 14.9 Å². The van der Waals surface area contributed by atoms with Crippen LogP contribution in [0.1, 0.15) is 22.6 Å². The first-order valence-electron chi connectivity index (χ1n) is 8.43. The van der Waals surface area contributed by atoms with E-state index in [4.69, 9.17) is 11.6 Å². The molecular formula is C19H15ClN4O3. The van der Waals surface area contributed by atoms with Gasteiger partial charge < -0.3 is 9.88 Å². The molecule has 1 aromatic heterocycles. The second-order valence-electron chi connectivity index (χ2n) is 6.26. The van der Waals surface area contributed by atoms with Crippen LogP contribution in [0.5, 0.6) is 0 Å². The maximum absolute atomic E-state index is 12.5. The van der Waals surface area contributed by atoms with Crippen LogP contribution in [0.3, 0.4) is 0 Å². The van der Waals surface area contributed by atoms with Crippen molar-refractivity contribution in [2.24, 2.45) is 0 Å². The predicted molar refractivity (Wildman–Crippen MR) is 102 cm³/mol. The highest BCUT2D eigenvalue weighted by Gasteiger charge is 2.21. The van der Waals surface area contributed by atoms with Gasteiger partial charge in [0, 0.05) is 29.7 Å². The zero-order chi connectivity index (χ0) is 19.0. The van der Waals surface area contributed by atoms with Gasteiger partial charge in [-0.2, -0.15) is 0 Å². The number of carbonyl (C=O) groups excluding carboxylic acids is 1. The molecule has 0 saturated carbocycles. The SMILES string of the molecule is O=C(Nc1ccc(-c2cnc3n2CCC3)cc1)c1cc(Cl)ccc1[N+](=O)[O-]. The summed E-state index contributed by atoms with van der Waals surface area (Å²) < 4.78 is 2.20. The van der Waals surface area contributed by atoms with Crippen LogP contribution < -0.4 is 5.32 Å². The number of nitrogens with zero attached hydrogens (tertiary/aromatic N) is 3. The summed E-state index contributed by atoms with van der Waals surface area (Å²) in [5, 5.41) is 14.1. The average Bonchev–Trinajstić information content (AvgIpc) is 3.26. The molecule has 0 fully saturated rings. The van der Waals surface area contributed by atoms with Crippen LogP contribution in [0.25, 0.3) is 11.3 Å². The summed E-state index contributed by atoms with van der Waals surface area (Å²) in [5.74, 6) is 0.512. The van der Waals surface area contributed by atoms with Gasteiger partial charge in [0.15, 0.2) is 0 Å². The largest absolute Gasteiger partial charge is 0.328 e. The predicted octanol–water partition coefficient (Wildman–Crippen LogP) is 4.31. The number of nitrogens with one attached hydrogen (secondary N) is 1. The Morgan fingerprint density at radius 2 is 2.00 bits per heavy atom. The number of carbonyl (C=O) groups is 1. The van der Waals surface area contributed by atoms with Crippen LogP contribution in [0.15, 0.2) is 48.7 Å². The van der Waals surface area contributed by atoms with E-state index in [0.717, 1.165) is 36.5 Å². The minimum atomic E-state index is -0.603. The first-order chi connectivity index (χ1) is 13.0. The first-order valence-corrected chi connectivity index (χ1v) is 8.81. The number of anilines is 1. The van der Waals surface area contributed by atoms with Crippen molar-refractivity contribution in [2.45, 2.75) is 19.4 Å². The van der Waals surface area contributed by atoms with Gasteiger partial charge in [0.05, 0.1) is 16.8 Å². The number of rotatable bonds is 4. The molecule has 1 aliphatic heterocycles. The highest BCUT2D eigenvalue weighted by Crippen LogP contribution is 2.27. The van der Waals surface area contributed by atoms with Crippen LogP contribution in [0, 0.1) is 10.1 Å². The quantitative estimate of drug-likeness (QED) is 0.537. The fourth-order valence-corrected chi connectivity index (χ4v) is 3.43. The monoisotopic (exact) mass is 382 g/mol. The molecule has 1 amide bonds. The zero-order valence-electron chi connectivity index (χ0n) is 14.2. The lowest BCUT2D eigenvalue weighted by Crippen LogP contribution is -2.14. The van der Waals surface area contributed by atoms with E-state index in [1.807, 2.05) is 18.3 Å². The molecule has 3 aromatic rings. The fourth-order valence-electron chi connectivity index (χ4n) is 3.26. The van der Waals surface area contributed by atoms with Crippen molar-refractivity contribution in [1.82, 2.24) is 9.55 Å². The van der Waals surface area contributed by atoms with Crippen molar-refractivity contribution < 1.29 is 9.72 Å². The Morgan fingerprint density at radius 1 is 1.22 bits per heavy atom. The maximum atomic E-state index is 12.5. The van der Waals surface area contributed by atoms with Crippen molar-refractivity contribution in [3.63, 3.8) is 0 Å². The Bertz CT molecular complexity index is 1040. The van der Waals surface area contributed by atoms with Crippen molar-refractivity contribution >= 4 is 28.9 Å². The molecule has 136 valence electrons. The summed E-state index contributed by atoms with van der Waals surface area (Å²) in [7, 11) is 0. The highest BCUT2D eigenvalue weighted by atomic mass is 35.5.